The molecule has 0 saturated carbocycles. The van der Waals surface area contributed by atoms with E-state index >= 15 is 0 Å². The molecule has 1 aliphatic rings. The van der Waals surface area contributed by atoms with Gasteiger partial charge in [-0.1, -0.05) is 6.07 Å². The molecule has 0 bridgehead atoms. The van der Waals surface area contributed by atoms with Crippen LogP contribution in [-0.4, -0.2) is 36.1 Å². The Balaban J connectivity index is 2.28. The lowest BCUT2D eigenvalue weighted by atomic mass is 9.79. The lowest BCUT2D eigenvalue weighted by molar-refractivity contribution is -0.153. The van der Waals surface area contributed by atoms with E-state index in [1.807, 2.05) is 27.7 Å². The molecule has 0 N–H and O–H groups in total. The number of halogens is 3. The number of aromatic nitrogens is 1. The Hall–Kier alpha value is -1.28. The van der Waals surface area contributed by atoms with Gasteiger partial charge >= 0.3 is 13.3 Å². The van der Waals surface area contributed by atoms with Gasteiger partial charge in [-0.25, -0.2) is 4.98 Å². The normalized spacial score (nSPS) is 20.3. The molecule has 0 radical (unpaired) electrons. The van der Waals surface area contributed by atoms with Crippen molar-refractivity contribution in [2.24, 2.45) is 0 Å². The van der Waals surface area contributed by atoms with Crippen molar-refractivity contribution in [1.29, 1.82) is 0 Å². The third-order valence-electron chi connectivity index (χ3n) is 3.91. The van der Waals surface area contributed by atoms with Crippen molar-refractivity contribution >= 4 is 12.6 Å². The number of aryl methyl sites for hydroxylation is 1. The van der Waals surface area contributed by atoms with Gasteiger partial charge in [-0.05, 0) is 40.7 Å². The molecule has 0 unspecified atom stereocenters. The van der Waals surface area contributed by atoms with Gasteiger partial charge in [-0.15, -0.1) is 0 Å². The van der Waals surface area contributed by atoms with Crippen LogP contribution < -0.4 is 10.2 Å². The fourth-order valence-electron chi connectivity index (χ4n) is 1.96. The van der Waals surface area contributed by atoms with E-state index in [4.69, 9.17) is 14.0 Å². The number of ether oxygens (including phenoxy) is 1. The molecule has 8 heteroatoms. The van der Waals surface area contributed by atoms with Gasteiger partial charge in [0.2, 0.25) is 5.88 Å². The SMILES string of the molecule is Cc1ccc(B2OC(C)(C)C(C)(C)O2)c(OCC(F)(F)F)n1. The summed E-state index contributed by atoms with van der Waals surface area (Å²) in [5, 5.41) is 0. The fourth-order valence-corrected chi connectivity index (χ4v) is 1.96. The Morgan fingerprint density at radius 1 is 1.14 bits per heavy atom. The molecule has 1 aromatic heterocycles. The average molecular weight is 317 g/mol. The predicted molar refractivity (Wildman–Crippen MR) is 76.2 cm³/mol. The number of rotatable bonds is 3. The summed E-state index contributed by atoms with van der Waals surface area (Å²) in [6, 6.07) is 3.30. The minimum absolute atomic E-state index is 0.115. The smallest absolute Gasteiger partial charge is 0.468 e. The first-order valence-corrected chi connectivity index (χ1v) is 6.94. The minimum atomic E-state index is -4.43. The highest BCUT2D eigenvalue weighted by molar-refractivity contribution is 6.63. The largest absolute Gasteiger partial charge is 0.500 e. The number of nitrogens with zero attached hydrogens (tertiary/aromatic N) is 1. The Bertz CT molecular complexity index is 545. The van der Waals surface area contributed by atoms with Crippen LogP contribution in [0, 0.1) is 6.92 Å². The molecule has 1 aromatic rings. The summed E-state index contributed by atoms with van der Waals surface area (Å²) in [6.45, 7) is 7.73. The van der Waals surface area contributed by atoms with E-state index in [2.05, 4.69) is 4.98 Å². The van der Waals surface area contributed by atoms with Crippen LogP contribution in [0.4, 0.5) is 13.2 Å². The molecule has 122 valence electrons. The lowest BCUT2D eigenvalue weighted by Crippen LogP contribution is -2.41. The van der Waals surface area contributed by atoms with E-state index in [0.717, 1.165) is 0 Å². The van der Waals surface area contributed by atoms with E-state index in [9.17, 15) is 13.2 Å². The number of hydrogen-bond donors (Lipinski definition) is 0. The van der Waals surface area contributed by atoms with Crippen molar-refractivity contribution < 1.29 is 27.2 Å². The summed E-state index contributed by atoms with van der Waals surface area (Å²) in [7, 11) is -0.818. The molecule has 0 spiro atoms. The molecular formula is C14H19BF3NO3. The second-order valence-corrected chi connectivity index (χ2v) is 6.34. The Morgan fingerprint density at radius 2 is 1.68 bits per heavy atom. The molecule has 1 saturated heterocycles. The monoisotopic (exact) mass is 317 g/mol. The molecule has 0 amide bonds. The third-order valence-corrected chi connectivity index (χ3v) is 3.91. The van der Waals surface area contributed by atoms with Gasteiger partial charge in [-0.2, -0.15) is 13.2 Å². The average Bonchev–Trinajstić information content (AvgIpc) is 2.55. The quantitative estimate of drug-likeness (QED) is 0.804. The highest BCUT2D eigenvalue weighted by Gasteiger charge is 2.52. The van der Waals surface area contributed by atoms with Crippen molar-refractivity contribution in [3.8, 4) is 5.88 Å². The Labute approximate surface area is 128 Å². The van der Waals surface area contributed by atoms with Crippen LogP contribution in [0.25, 0.3) is 0 Å². The summed E-state index contributed by atoms with van der Waals surface area (Å²) in [6.07, 6.45) is -4.43. The molecule has 1 fully saturated rings. The van der Waals surface area contributed by atoms with Crippen molar-refractivity contribution in [2.45, 2.75) is 52.0 Å². The lowest BCUT2D eigenvalue weighted by Gasteiger charge is -2.32. The zero-order chi connectivity index (χ0) is 16.8. The van der Waals surface area contributed by atoms with Crippen molar-refractivity contribution in [3.63, 3.8) is 0 Å². The molecule has 0 aromatic carbocycles. The van der Waals surface area contributed by atoms with Gasteiger partial charge in [0.1, 0.15) is 0 Å². The van der Waals surface area contributed by atoms with E-state index in [1.54, 1.807) is 19.1 Å². The van der Waals surface area contributed by atoms with Crippen LogP contribution in [0.5, 0.6) is 5.88 Å². The Morgan fingerprint density at radius 3 is 2.18 bits per heavy atom. The molecule has 1 aliphatic heterocycles. The van der Waals surface area contributed by atoms with Crippen LogP contribution in [0.1, 0.15) is 33.4 Å². The zero-order valence-corrected chi connectivity index (χ0v) is 13.2. The first kappa shape index (κ1) is 17.1. The topological polar surface area (TPSA) is 40.6 Å². The van der Waals surface area contributed by atoms with Crippen molar-refractivity contribution in [2.75, 3.05) is 6.61 Å². The summed E-state index contributed by atoms with van der Waals surface area (Å²) >= 11 is 0. The highest BCUT2D eigenvalue weighted by atomic mass is 19.4. The maximum atomic E-state index is 12.4. The van der Waals surface area contributed by atoms with Crippen molar-refractivity contribution in [1.82, 2.24) is 4.98 Å². The molecule has 0 aliphatic carbocycles. The molecule has 22 heavy (non-hydrogen) atoms. The van der Waals surface area contributed by atoms with Gasteiger partial charge in [0.05, 0.1) is 11.2 Å². The van der Waals surface area contributed by atoms with Gasteiger partial charge in [0.15, 0.2) is 6.61 Å². The first-order chi connectivity index (χ1) is 9.91. The fraction of sp³-hybridized carbons (Fsp3) is 0.643. The molecular weight excluding hydrogens is 298 g/mol. The van der Waals surface area contributed by atoms with Gasteiger partial charge < -0.3 is 14.0 Å². The molecule has 2 rings (SSSR count). The van der Waals surface area contributed by atoms with E-state index < -0.39 is 31.1 Å². The summed E-state index contributed by atoms with van der Waals surface area (Å²) in [4.78, 5) is 4.03. The van der Waals surface area contributed by atoms with Gasteiger partial charge in [0.25, 0.3) is 0 Å². The number of hydrogen-bond acceptors (Lipinski definition) is 4. The summed E-state index contributed by atoms with van der Waals surface area (Å²) in [5.74, 6) is -0.115. The maximum absolute atomic E-state index is 12.4. The Kier molecular flexibility index (Phi) is 4.21. The zero-order valence-electron chi connectivity index (χ0n) is 13.2. The predicted octanol–water partition coefficient (Wildman–Crippen LogP) is 2.63. The van der Waals surface area contributed by atoms with Gasteiger partial charge in [-0.3, -0.25) is 0 Å². The van der Waals surface area contributed by atoms with E-state index in [1.165, 1.54) is 0 Å². The minimum Gasteiger partial charge on any atom is -0.468 e. The van der Waals surface area contributed by atoms with Crippen LogP contribution in [0.3, 0.4) is 0 Å². The van der Waals surface area contributed by atoms with Gasteiger partial charge in [0, 0.05) is 11.2 Å². The molecule has 0 atom stereocenters. The molecule has 2 heterocycles. The number of pyridine rings is 1. The second-order valence-electron chi connectivity index (χ2n) is 6.34. The maximum Gasteiger partial charge on any atom is 0.500 e. The highest BCUT2D eigenvalue weighted by Crippen LogP contribution is 2.37. The van der Waals surface area contributed by atoms with E-state index in [0.29, 0.717) is 11.2 Å². The van der Waals surface area contributed by atoms with Crippen LogP contribution >= 0.6 is 0 Å². The van der Waals surface area contributed by atoms with Crippen molar-refractivity contribution in [3.05, 3.63) is 17.8 Å². The van der Waals surface area contributed by atoms with Crippen LogP contribution in [-0.2, 0) is 9.31 Å². The summed E-state index contributed by atoms with van der Waals surface area (Å²) < 4.78 is 53.7. The van der Waals surface area contributed by atoms with E-state index in [-0.39, 0.29) is 5.88 Å². The standard InChI is InChI=1S/C14H19BF3NO3/c1-9-6-7-10(11(19-9)20-8-14(16,17)18)15-21-12(2,3)13(4,5)22-15/h6-7H,8H2,1-5H3. The molecule has 4 nitrogen and oxygen atoms in total. The second kappa shape index (κ2) is 5.42. The summed E-state index contributed by atoms with van der Waals surface area (Å²) in [5.41, 5.74) is -0.279. The number of alkyl halides is 3. The third kappa shape index (κ3) is 3.55. The first-order valence-electron chi connectivity index (χ1n) is 6.94. The van der Waals surface area contributed by atoms with Crippen LogP contribution in [0.2, 0.25) is 0 Å². The van der Waals surface area contributed by atoms with Crippen LogP contribution in [0.15, 0.2) is 12.1 Å².